The highest BCUT2D eigenvalue weighted by molar-refractivity contribution is 7.92. The lowest BCUT2D eigenvalue weighted by atomic mass is 10.2. The summed E-state index contributed by atoms with van der Waals surface area (Å²) in [5, 5.41) is 10.8. The highest BCUT2D eigenvalue weighted by Crippen LogP contribution is 2.25. The van der Waals surface area contributed by atoms with Gasteiger partial charge in [-0.2, -0.15) is 8.75 Å². The average Bonchev–Trinajstić information content (AvgIpc) is 2.94. The van der Waals surface area contributed by atoms with Crippen LogP contribution in [0.2, 0.25) is 0 Å². The summed E-state index contributed by atoms with van der Waals surface area (Å²) in [4.78, 5) is 10.1. The summed E-state index contributed by atoms with van der Waals surface area (Å²) in [6.45, 7) is 1.58. The number of nitrogens with one attached hydrogen (secondary N) is 1. The third kappa shape index (κ3) is 2.98. The zero-order chi connectivity index (χ0) is 16.6. The minimum Gasteiger partial charge on any atom is -0.280 e. The molecule has 2 aromatic carbocycles. The molecule has 0 spiro atoms. The molecule has 3 rings (SSSR count). The van der Waals surface area contributed by atoms with Crippen LogP contribution < -0.4 is 4.72 Å². The molecule has 0 aliphatic rings. The highest BCUT2D eigenvalue weighted by atomic mass is 32.2. The van der Waals surface area contributed by atoms with E-state index in [1.807, 2.05) is 0 Å². The number of anilines is 1. The van der Waals surface area contributed by atoms with E-state index in [0.717, 1.165) is 17.8 Å². The summed E-state index contributed by atoms with van der Waals surface area (Å²) >= 11 is 1.03. The summed E-state index contributed by atoms with van der Waals surface area (Å²) in [7, 11) is -3.95. The van der Waals surface area contributed by atoms with Crippen LogP contribution in [0.25, 0.3) is 11.0 Å². The van der Waals surface area contributed by atoms with Crippen molar-refractivity contribution in [3.05, 3.63) is 52.1 Å². The van der Waals surface area contributed by atoms with Gasteiger partial charge in [-0.15, -0.1) is 0 Å². The summed E-state index contributed by atoms with van der Waals surface area (Å²) in [6, 6.07) is 8.48. The molecule has 0 saturated carbocycles. The number of nitro groups is 1. The number of hydrogen-bond acceptors (Lipinski definition) is 7. The molecule has 0 aliphatic carbocycles. The van der Waals surface area contributed by atoms with Crippen molar-refractivity contribution in [2.24, 2.45) is 0 Å². The lowest BCUT2D eigenvalue weighted by molar-refractivity contribution is -0.385. The Morgan fingerprint density at radius 2 is 1.87 bits per heavy atom. The van der Waals surface area contributed by atoms with E-state index in [4.69, 9.17) is 0 Å². The monoisotopic (exact) mass is 350 g/mol. The maximum Gasteiger partial charge on any atom is 0.270 e. The van der Waals surface area contributed by atoms with Crippen molar-refractivity contribution in [1.29, 1.82) is 0 Å². The molecule has 0 fully saturated rings. The number of non-ortho nitro benzene ring substituents is 1. The molecular weight excluding hydrogens is 340 g/mol. The maximum atomic E-state index is 12.5. The standard InChI is InChI=1S/C13H10N4O4S2/c1-8-2-4-10(17(18)19)7-13(8)23(20,21)16-9-3-5-11-12(6-9)15-22-14-11/h2-7,16H,1H3. The average molecular weight is 350 g/mol. The molecule has 1 heterocycles. The molecule has 3 aromatic rings. The Balaban J connectivity index is 2.01. The Bertz CT molecular complexity index is 1010. The third-order valence-electron chi connectivity index (χ3n) is 3.18. The first-order valence-corrected chi connectivity index (χ1v) is 8.58. The van der Waals surface area contributed by atoms with Crippen molar-refractivity contribution >= 4 is 44.2 Å². The molecular formula is C13H10N4O4S2. The summed E-state index contributed by atoms with van der Waals surface area (Å²) in [6.07, 6.45) is 0. The summed E-state index contributed by atoms with van der Waals surface area (Å²) in [5.41, 5.74) is 1.70. The number of hydrogen-bond donors (Lipinski definition) is 1. The molecule has 0 amide bonds. The first kappa shape index (κ1) is 15.3. The number of rotatable bonds is 4. The molecule has 0 aliphatic heterocycles. The summed E-state index contributed by atoms with van der Waals surface area (Å²) in [5.74, 6) is 0. The minimum absolute atomic E-state index is 0.136. The van der Waals surface area contributed by atoms with Gasteiger partial charge in [-0.25, -0.2) is 8.42 Å². The second kappa shape index (κ2) is 5.56. The maximum absolute atomic E-state index is 12.5. The second-order valence-electron chi connectivity index (χ2n) is 4.78. The van der Waals surface area contributed by atoms with Gasteiger partial charge in [0.2, 0.25) is 0 Å². The van der Waals surface area contributed by atoms with Gasteiger partial charge in [0.25, 0.3) is 15.7 Å². The van der Waals surface area contributed by atoms with Gasteiger partial charge in [0, 0.05) is 12.1 Å². The second-order valence-corrected chi connectivity index (χ2v) is 6.96. The molecule has 23 heavy (non-hydrogen) atoms. The van der Waals surface area contributed by atoms with Crippen molar-refractivity contribution in [2.45, 2.75) is 11.8 Å². The largest absolute Gasteiger partial charge is 0.280 e. The smallest absolute Gasteiger partial charge is 0.270 e. The lowest BCUT2D eigenvalue weighted by Crippen LogP contribution is -2.14. The van der Waals surface area contributed by atoms with E-state index in [-0.39, 0.29) is 10.6 Å². The lowest BCUT2D eigenvalue weighted by Gasteiger charge is -2.10. The Kier molecular flexibility index (Phi) is 3.70. The van der Waals surface area contributed by atoms with Crippen molar-refractivity contribution in [3.8, 4) is 0 Å². The van der Waals surface area contributed by atoms with Gasteiger partial charge in [0.15, 0.2) is 0 Å². The molecule has 118 valence electrons. The van der Waals surface area contributed by atoms with Crippen LogP contribution in [0.3, 0.4) is 0 Å². The molecule has 0 radical (unpaired) electrons. The van der Waals surface area contributed by atoms with Crippen LogP contribution >= 0.6 is 11.7 Å². The van der Waals surface area contributed by atoms with E-state index in [2.05, 4.69) is 13.5 Å². The van der Waals surface area contributed by atoms with Gasteiger partial charge in [0.1, 0.15) is 11.0 Å². The molecule has 1 N–H and O–H groups in total. The van der Waals surface area contributed by atoms with E-state index in [1.54, 1.807) is 25.1 Å². The molecule has 0 unspecified atom stereocenters. The van der Waals surface area contributed by atoms with Crippen molar-refractivity contribution in [2.75, 3.05) is 4.72 Å². The SMILES string of the molecule is Cc1ccc([N+](=O)[O-])cc1S(=O)(=O)Nc1ccc2nsnc2c1. The Hall–Kier alpha value is -2.59. The first-order valence-electron chi connectivity index (χ1n) is 6.37. The number of nitro benzene ring substituents is 1. The Morgan fingerprint density at radius 3 is 2.61 bits per heavy atom. The highest BCUT2D eigenvalue weighted by Gasteiger charge is 2.21. The quantitative estimate of drug-likeness (QED) is 0.571. The zero-order valence-electron chi connectivity index (χ0n) is 11.8. The third-order valence-corrected chi connectivity index (χ3v) is 5.26. The van der Waals surface area contributed by atoms with Crippen LogP contribution in [0, 0.1) is 17.0 Å². The van der Waals surface area contributed by atoms with E-state index < -0.39 is 14.9 Å². The van der Waals surface area contributed by atoms with Crippen LogP contribution in [0.5, 0.6) is 0 Å². The van der Waals surface area contributed by atoms with Gasteiger partial charge in [-0.1, -0.05) is 6.07 Å². The topological polar surface area (TPSA) is 115 Å². The number of benzene rings is 2. The van der Waals surface area contributed by atoms with Gasteiger partial charge in [-0.3, -0.25) is 14.8 Å². The molecule has 0 bridgehead atoms. The van der Waals surface area contributed by atoms with Crippen molar-refractivity contribution in [1.82, 2.24) is 8.75 Å². The fourth-order valence-corrected chi connectivity index (χ4v) is 3.88. The first-order chi connectivity index (χ1) is 10.9. The fourth-order valence-electron chi connectivity index (χ4n) is 2.05. The van der Waals surface area contributed by atoms with Crippen LogP contribution in [0.1, 0.15) is 5.56 Å². The Morgan fingerprint density at radius 1 is 1.13 bits per heavy atom. The molecule has 8 nitrogen and oxygen atoms in total. The number of nitrogens with zero attached hydrogens (tertiary/aromatic N) is 3. The van der Waals surface area contributed by atoms with Crippen LogP contribution in [-0.4, -0.2) is 22.1 Å². The van der Waals surface area contributed by atoms with Gasteiger partial charge < -0.3 is 0 Å². The molecule has 10 heteroatoms. The van der Waals surface area contributed by atoms with Crippen LogP contribution in [-0.2, 0) is 10.0 Å². The van der Waals surface area contributed by atoms with Crippen LogP contribution in [0.4, 0.5) is 11.4 Å². The Labute approximate surface area is 135 Å². The van der Waals surface area contributed by atoms with Crippen molar-refractivity contribution < 1.29 is 13.3 Å². The normalized spacial score (nSPS) is 11.5. The van der Waals surface area contributed by atoms with E-state index in [1.165, 1.54) is 12.1 Å². The van der Waals surface area contributed by atoms with E-state index >= 15 is 0 Å². The number of sulfonamides is 1. The van der Waals surface area contributed by atoms with E-state index in [0.29, 0.717) is 22.3 Å². The van der Waals surface area contributed by atoms with Gasteiger partial charge in [-0.05, 0) is 30.7 Å². The van der Waals surface area contributed by atoms with Gasteiger partial charge >= 0.3 is 0 Å². The van der Waals surface area contributed by atoms with E-state index in [9.17, 15) is 18.5 Å². The number of aromatic nitrogens is 2. The van der Waals surface area contributed by atoms with Gasteiger partial charge in [0.05, 0.1) is 27.2 Å². The van der Waals surface area contributed by atoms with Crippen LogP contribution in [0.15, 0.2) is 41.3 Å². The number of fused-ring (bicyclic) bond motifs is 1. The minimum atomic E-state index is -3.95. The van der Waals surface area contributed by atoms with Crippen molar-refractivity contribution in [3.63, 3.8) is 0 Å². The number of aryl methyl sites for hydroxylation is 1. The predicted octanol–water partition coefficient (Wildman–Crippen LogP) is 2.71. The zero-order valence-corrected chi connectivity index (χ0v) is 13.4. The molecule has 0 atom stereocenters. The summed E-state index contributed by atoms with van der Waals surface area (Å²) < 4.78 is 35.5. The predicted molar refractivity (Wildman–Crippen MR) is 86.1 cm³/mol. The fraction of sp³-hybridized carbons (Fsp3) is 0.0769. The molecule has 1 aromatic heterocycles. The molecule has 0 saturated heterocycles.